The number of carbonyl (C=O) groups is 2. The number of methoxy groups -OCH3 is 1. The van der Waals surface area contributed by atoms with Gasteiger partial charge in [-0.15, -0.1) is 0 Å². The molecule has 0 radical (unpaired) electrons. The quantitative estimate of drug-likeness (QED) is 0.262. The molecule has 4 rings (SSSR count). The lowest BCUT2D eigenvalue weighted by Gasteiger charge is -2.16. The third kappa shape index (κ3) is 6.61. The normalized spacial score (nSPS) is 11.0. The van der Waals surface area contributed by atoms with E-state index < -0.39 is 27.1 Å². The van der Waals surface area contributed by atoms with Gasteiger partial charge in [0.25, 0.3) is 5.91 Å². The van der Waals surface area contributed by atoms with Crippen LogP contribution in [-0.2, 0) is 27.5 Å². The van der Waals surface area contributed by atoms with Crippen LogP contribution < -0.4 is 19.9 Å². The highest BCUT2D eigenvalue weighted by Gasteiger charge is 2.39. The first-order valence-corrected chi connectivity index (χ1v) is 13.8. The Balaban J connectivity index is 2.03. The molecule has 1 aromatic heterocycles. The first-order valence-electron chi connectivity index (χ1n) is 12.3. The van der Waals surface area contributed by atoms with Crippen LogP contribution in [-0.4, -0.2) is 51.1 Å². The van der Waals surface area contributed by atoms with Crippen molar-refractivity contribution in [1.82, 2.24) is 9.47 Å². The van der Waals surface area contributed by atoms with Crippen molar-refractivity contribution in [3.8, 4) is 22.9 Å². The topological polar surface area (TPSA) is 139 Å². The summed E-state index contributed by atoms with van der Waals surface area (Å²) in [4.78, 5) is 26.7. The fourth-order valence-corrected chi connectivity index (χ4v) is 5.08. The minimum Gasteiger partial charge on any atom is -0.497 e. The maximum atomic E-state index is 13.7. The standard InChI is InChI=1S/C29H29N3O8S/c1-31(2)27(33)24-25(38-18-20-10-6-4-7-11-20)26(39-19-21-12-8-5-9-13-21)28(41(35,36)40-29(30)34)32(24)22-14-16-23(37-3)17-15-22/h4-17H,18-19H2,1-3H3,(H2,30,34). The molecule has 0 spiro atoms. The van der Waals surface area contributed by atoms with Crippen molar-refractivity contribution in [1.29, 1.82) is 0 Å². The van der Waals surface area contributed by atoms with Gasteiger partial charge in [-0.2, -0.15) is 8.42 Å². The average Bonchev–Trinajstić information content (AvgIpc) is 3.29. The second-order valence-corrected chi connectivity index (χ2v) is 10.4. The van der Waals surface area contributed by atoms with E-state index in [2.05, 4.69) is 4.18 Å². The zero-order valence-corrected chi connectivity index (χ0v) is 23.5. The highest BCUT2D eigenvalue weighted by Crippen LogP contribution is 2.45. The summed E-state index contributed by atoms with van der Waals surface area (Å²) < 4.78 is 50.4. The Morgan fingerprint density at radius 3 is 1.78 bits per heavy atom. The van der Waals surface area contributed by atoms with Gasteiger partial charge in [-0.3, -0.25) is 9.36 Å². The van der Waals surface area contributed by atoms with Crippen molar-refractivity contribution in [3.05, 3.63) is 102 Å². The highest BCUT2D eigenvalue weighted by molar-refractivity contribution is 7.87. The van der Waals surface area contributed by atoms with Crippen LogP contribution >= 0.6 is 0 Å². The van der Waals surface area contributed by atoms with Gasteiger partial charge in [0.1, 0.15) is 19.0 Å². The SMILES string of the molecule is COc1ccc(-n2c(C(=O)N(C)C)c(OCc3ccccc3)c(OCc3ccccc3)c2S(=O)(=O)OC(N)=O)cc1. The van der Waals surface area contributed by atoms with Gasteiger partial charge < -0.3 is 29.0 Å². The lowest BCUT2D eigenvalue weighted by atomic mass is 10.2. The largest absolute Gasteiger partial charge is 0.497 e. The molecule has 0 saturated heterocycles. The van der Waals surface area contributed by atoms with Crippen molar-refractivity contribution >= 4 is 22.1 Å². The molecule has 41 heavy (non-hydrogen) atoms. The number of benzene rings is 3. The smallest absolute Gasteiger partial charge is 0.420 e. The van der Waals surface area contributed by atoms with Crippen LogP contribution in [0.15, 0.2) is 90.0 Å². The van der Waals surface area contributed by atoms with Gasteiger partial charge in [0.2, 0.25) is 10.8 Å². The molecular formula is C29H29N3O8S. The van der Waals surface area contributed by atoms with Crippen LogP contribution in [0, 0.1) is 0 Å². The monoisotopic (exact) mass is 579 g/mol. The van der Waals surface area contributed by atoms with Crippen molar-refractivity contribution in [2.75, 3.05) is 21.2 Å². The van der Waals surface area contributed by atoms with Gasteiger partial charge in [0.05, 0.1) is 7.11 Å². The Kier molecular flexibility index (Phi) is 8.83. The molecule has 214 valence electrons. The molecule has 2 N–H and O–H groups in total. The van der Waals surface area contributed by atoms with Gasteiger partial charge in [0.15, 0.2) is 11.4 Å². The summed E-state index contributed by atoms with van der Waals surface area (Å²) in [5.41, 5.74) is 6.64. The third-order valence-corrected chi connectivity index (χ3v) is 7.09. The molecule has 0 aliphatic carbocycles. The summed E-state index contributed by atoms with van der Waals surface area (Å²) >= 11 is 0. The Morgan fingerprint density at radius 1 is 0.805 bits per heavy atom. The predicted octanol–water partition coefficient (Wildman–Crippen LogP) is 4.13. The van der Waals surface area contributed by atoms with Crippen LogP contribution in [0.3, 0.4) is 0 Å². The minimum absolute atomic E-state index is 0.0287. The third-order valence-electron chi connectivity index (χ3n) is 5.86. The fraction of sp³-hybridized carbons (Fsp3) is 0.172. The zero-order chi connectivity index (χ0) is 29.6. The van der Waals surface area contributed by atoms with Gasteiger partial charge >= 0.3 is 16.2 Å². The van der Waals surface area contributed by atoms with Gasteiger partial charge in [-0.25, -0.2) is 4.79 Å². The number of primary amides is 1. The Bertz CT molecular complexity index is 1620. The Labute approximate surface area is 237 Å². The summed E-state index contributed by atoms with van der Waals surface area (Å²) in [6.45, 7) is -0.122. The number of amides is 2. The number of carbonyl (C=O) groups excluding carboxylic acids is 2. The van der Waals surface area contributed by atoms with Crippen LogP contribution in [0.2, 0.25) is 0 Å². The zero-order valence-electron chi connectivity index (χ0n) is 22.6. The maximum Gasteiger partial charge on any atom is 0.420 e. The number of nitrogens with two attached hydrogens (primary N) is 1. The Hall–Kier alpha value is -4.97. The number of hydrogen-bond acceptors (Lipinski definition) is 8. The molecule has 0 aliphatic heterocycles. The lowest BCUT2D eigenvalue weighted by molar-refractivity contribution is 0.0813. The van der Waals surface area contributed by atoms with Gasteiger partial charge in [-0.1, -0.05) is 60.7 Å². The van der Waals surface area contributed by atoms with Gasteiger partial charge in [-0.05, 0) is 35.4 Å². The molecule has 4 aromatic rings. The maximum absolute atomic E-state index is 13.7. The van der Waals surface area contributed by atoms with E-state index in [9.17, 15) is 18.0 Å². The van der Waals surface area contributed by atoms with Crippen LogP contribution in [0.5, 0.6) is 17.2 Å². The second-order valence-electron chi connectivity index (χ2n) is 8.95. The van der Waals surface area contributed by atoms with Crippen LogP contribution in [0.25, 0.3) is 5.69 Å². The molecule has 0 saturated carbocycles. The lowest BCUT2D eigenvalue weighted by Crippen LogP contribution is -2.26. The van der Waals surface area contributed by atoms with Crippen LogP contribution in [0.4, 0.5) is 4.79 Å². The first-order chi connectivity index (χ1) is 19.6. The van der Waals surface area contributed by atoms with E-state index in [4.69, 9.17) is 19.9 Å². The average molecular weight is 580 g/mol. The number of aromatic nitrogens is 1. The molecule has 0 bridgehead atoms. The van der Waals surface area contributed by atoms with E-state index in [0.717, 1.165) is 10.1 Å². The summed E-state index contributed by atoms with van der Waals surface area (Å²) in [6.07, 6.45) is -1.56. The van der Waals surface area contributed by atoms with Crippen molar-refractivity contribution in [2.24, 2.45) is 5.73 Å². The fourth-order valence-electron chi connectivity index (χ4n) is 3.99. The number of ether oxygens (including phenoxy) is 3. The van der Waals surface area contributed by atoms with E-state index in [0.29, 0.717) is 11.3 Å². The van der Waals surface area contributed by atoms with E-state index >= 15 is 0 Å². The highest BCUT2D eigenvalue weighted by atomic mass is 32.2. The number of hydrogen-bond donors (Lipinski definition) is 1. The summed E-state index contributed by atoms with van der Waals surface area (Å²) in [5.74, 6) is -0.604. The molecule has 0 aliphatic rings. The molecule has 0 fully saturated rings. The number of nitrogens with zero attached hydrogens (tertiary/aromatic N) is 2. The first kappa shape index (κ1) is 29.0. The predicted molar refractivity (Wildman–Crippen MR) is 150 cm³/mol. The van der Waals surface area contributed by atoms with Crippen molar-refractivity contribution in [2.45, 2.75) is 18.2 Å². The molecule has 2 amide bonds. The molecule has 3 aromatic carbocycles. The van der Waals surface area contributed by atoms with E-state index in [1.54, 1.807) is 36.4 Å². The summed E-state index contributed by atoms with van der Waals surface area (Å²) in [6, 6.07) is 24.3. The molecule has 0 atom stereocenters. The molecule has 1 heterocycles. The van der Waals surface area contributed by atoms with Crippen LogP contribution in [0.1, 0.15) is 21.6 Å². The summed E-state index contributed by atoms with van der Waals surface area (Å²) in [5, 5.41) is -0.648. The molecular weight excluding hydrogens is 550 g/mol. The molecule has 12 heteroatoms. The van der Waals surface area contributed by atoms with Crippen molar-refractivity contribution < 1.29 is 36.4 Å². The van der Waals surface area contributed by atoms with E-state index in [-0.39, 0.29) is 36.1 Å². The number of rotatable bonds is 11. The van der Waals surface area contributed by atoms with E-state index in [1.807, 2.05) is 36.4 Å². The van der Waals surface area contributed by atoms with Gasteiger partial charge in [0, 0.05) is 19.8 Å². The molecule has 0 unspecified atom stereocenters. The Morgan fingerprint density at radius 2 is 1.32 bits per heavy atom. The minimum atomic E-state index is -4.95. The second kappa shape index (κ2) is 12.5. The molecule has 11 nitrogen and oxygen atoms in total. The summed E-state index contributed by atoms with van der Waals surface area (Å²) in [7, 11) is -0.458. The van der Waals surface area contributed by atoms with Crippen molar-refractivity contribution in [3.63, 3.8) is 0 Å². The van der Waals surface area contributed by atoms with E-state index in [1.165, 1.54) is 38.2 Å².